The van der Waals surface area contributed by atoms with Gasteiger partial charge in [-0.2, -0.15) is 0 Å². The molecule has 1 saturated carbocycles. The largest absolute Gasteiger partial charge is 0.476 e. The zero-order chi connectivity index (χ0) is 21.6. The Kier molecular flexibility index (Phi) is 8.15. The average Bonchev–Trinajstić information content (AvgIpc) is 3.30. The van der Waals surface area contributed by atoms with Gasteiger partial charge in [-0.1, -0.05) is 30.3 Å². The second-order valence-electron chi connectivity index (χ2n) is 7.48. The van der Waals surface area contributed by atoms with Crippen LogP contribution in [0.5, 0.6) is 0 Å². The van der Waals surface area contributed by atoms with Crippen LogP contribution in [0.25, 0.3) is 0 Å². The van der Waals surface area contributed by atoms with E-state index in [1.54, 1.807) is 11.0 Å². The number of aliphatic hydroxyl groups excluding tert-OH is 1. The fourth-order valence-corrected chi connectivity index (χ4v) is 5.53. The summed E-state index contributed by atoms with van der Waals surface area (Å²) in [5.41, 5.74) is -0.0881. The van der Waals surface area contributed by atoms with E-state index in [1.165, 1.54) is 28.5 Å². The van der Waals surface area contributed by atoms with Crippen molar-refractivity contribution in [1.82, 2.24) is 9.88 Å². The molecule has 10 heteroatoms. The zero-order valence-electron chi connectivity index (χ0n) is 17.0. The predicted molar refractivity (Wildman–Crippen MR) is 114 cm³/mol. The molecule has 1 aromatic rings. The quantitative estimate of drug-likeness (QED) is 0.280. The summed E-state index contributed by atoms with van der Waals surface area (Å²) in [4.78, 5) is 28.7. The highest BCUT2D eigenvalue weighted by atomic mass is 32.2. The molecule has 3 rings (SSSR count). The Hall–Kier alpha value is -1.62. The van der Waals surface area contributed by atoms with Gasteiger partial charge >= 0.3 is 12.1 Å². The Morgan fingerprint density at radius 2 is 2.37 bits per heavy atom. The number of carboxylic acids is 1. The van der Waals surface area contributed by atoms with Gasteiger partial charge < -0.3 is 19.7 Å². The fraction of sp³-hybridized carbons (Fsp3) is 0.650. The summed E-state index contributed by atoms with van der Waals surface area (Å²) in [6.07, 6.45) is 6.65. The number of aliphatic hydroxyl groups is 1. The summed E-state index contributed by atoms with van der Waals surface area (Å²) >= 11 is 2.68. The first kappa shape index (κ1) is 23.1. The fourth-order valence-electron chi connectivity index (χ4n) is 3.72. The van der Waals surface area contributed by atoms with Crippen molar-refractivity contribution < 1.29 is 29.3 Å². The molecule has 0 spiro atoms. The van der Waals surface area contributed by atoms with Crippen LogP contribution < -0.4 is 0 Å². The number of rotatable bonds is 12. The molecule has 1 aliphatic carbocycles. The highest BCUT2D eigenvalue weighted by Gasteiger charge is 2.42. The summed E-state index contributed by atoms with van der Waals surface area (Å²) in [6.45, 7) is 4.00. The predicted octanol–water partition coefficient (Wildman–Crippen LogP) is 3.27. The number of hydrogen-bond acceptors (Lipinski definition) is 8. The van der Waals surface area contributed by atoms with Crippen LogP contribution in [0.4, 0.5) is 4.79 Å². The smallest absolute Gasteiger partial charge is 0.410 e. The Morgan fingerprint density at radius 3 is 3.00 bits per heavy atom. The monoisotopic (exact) mass is 456 g/mol. The van der Waals surface area contributed by atoms with Gasteiger partial charge in [0, 0.05) is 36.3 Å². The van der Waals surface area contributed by atoms with Gasteiger partial charge in [0.05, 0.1) is 12.1 Å². The van der Waals surface area contributed by atoms with Crippen LogP contribution in [-0.4, -0.2) is 76.4 Å². The minimum atomic E-state index is -1.05. The molecule has 2 heterocycles. The van der Waals surface area contributed by atoms with Gasteiger partial charge in [0.25, 0.3) is 0 Å². The summed E-state index contributed by atoms with van der Waals surface area (Å²) in [5.74, 6) is -0.470. The maximum Gasteiger partial charge on any atom is 0.410 e. The number of cyclic esters (lactones) is 1. The number of thiazole rings is 1. The number of hydrogen-bond donors (Lipinski definition) is 2. The van der Waals surface area contributed by atoms with E-state index < -0.39 is 12.1 Å². The Balaban J connectivity index is 1.51. The lowest BCUT2D eigenvalue weighted by Gasteiger charge is -2.44. The van der Waals surface area contributed by atoms with Crippen LogP contribution >= 0.6 is 23.1 Å². The van der Waals surface area contributed by atoms with Gasteiger partial charge in [-0.05, 0) is 26.2 Å². The SMILES string of the molecule is CCOCCC1([C@H](O)/C=C/[C@H]2COC(=O)N2CCSc2nc(C(=O)O)cs2)CCC1. The van der Waals surface area contributed by atoms with Gasteiger partial charge in [-0.25, -0.2) is 14.6 Å². The molecule has 0 unspecified atom stereocenters. The standard InChI is InChI=1S/C20H28N2O6S2/c1-2-27-10-8-20(6-3-7-20)16(23)5-4-14-12-28-19(26)22(14)9-11-29-18-21-15(13-30-18)17(24)25/h4-5,13-14,16,23H,2-3,6-12H2,1H3,(H,24,25)/b5-4+/t14-,16+/m0/s1. The van der Waals surface area contributed by atoms with Crippen molar-refractivity contribution in [2.24, 2.45) is 5.41 Å². The molecule has 2 aliphatic rings. The lowest BCUT2D eigenvalue weighted by molar-refractivity contribution is -0.0327. The third-order valence-corrected chi connectivity index (χ3v) is 7.71. The molecule has 0 bridgehead atoms. The summed E-state index contributed by atoms with van der Waals surface area (Å²) in [5, 5.41) is 21.2. The Labute approximate surface area is 184 Å². The second kappa shape index (κ2) is 10.6. The number of carboxylic acid groups (broad SMARTS) is 1. The summed E-state index contributed by atoms with van der Waals surface area (Å²) in [7, 11) is 0. The summed E-state index contributed by atoms with van der Waals surface area (Å²) in [6, 6.07) is -0.220. The molecular weight excluding hydrogens is 428 g/mol. The number of amides is 1. The summed E-state index contributed by atoms with van der Waals surface area (Å²) < 4.78 is 11.3. The maximum absolute atomic E-state index is 12.1. The molecule has 8 nitrogen and oxygen atoms in total. The number of aromatic nitrogens is 1. The molecule has 1 saturated heterocycles. The first-order chi connectivity index (χ1) is 14.4. The van der Waals surface area contributed by atoms with Crippen molar-refractivity contribution in [2.45, 2.75) is 49.1 Å². The van der Waals surface area contributed by atoms with Crippen LogP contribution in [0.2, 0.25) is 0 Å². The average molecular weight is 457 g/mol. The lowest BCUT2D eigenvalue weighted by Crippen LogP contribution is -2.42. The minimum absolute atomic E-state index is 0.0344. The maximum atomic E-state index is 12.1. The molecule has 166 valence electrons. The van der Waals surface area contributed by atoms with Crippen molar-refractivity contribution in [1.29, 1.82) is 0 Å². The van der Waals surface area contributed by atoms with Gasteiger partial charge in [-0.3, -0.25) is 4.90 Å². The first-order valence-electron chi connectivity index (χ1n) is 10.1. The third-order valence-electron chi connectivity index (χ3n) is 5.71. The topological polar surface area (TPSA) is 109 Å². The number of aromatic carboxylic acids is 1. The first-order valence-corrected chi connectivity index (χ1v) is 12.0. The number of ether oxygens (including phenoxy) is 2. The highest BCUT2D eigenvalue weighted by molar-refractivity contribution is 8.01. The van der Waals surface area contributed by atoms with Crippen molar-refractivity contribution in [3.8, 4) is 0 Å². The molecule has 30 heavy (non-hydrogen) atoms. The Morgan fingerprint density at radius 1 is 1.57 bits per heavy atom. The minimum Gasteiger partial charge on any atom is -0.476 e. The van der Waals surface area contributed by atoms with Crippen molar-refractivity contribution in [3.63, 3.8) is 0 Å². The lowest BCUT2D eigenvalue weighted by atomic mass is 9.63. The molecule has 0 aromatic carbocycles. The van der Waals surface area contributed by atoms with Crippen LogP contribution in [-0.2, 0) is 9.47 Å². The van der Waals surface area contributed by atoms with E-state index in [2.05, 4.69) is 4.98 Å². The van der Waals surface area contributed by atoms with Gasteiger partial charge in [-0.15, -0.1) is 11.3 Å². The van der Waals surface area contributed by atoms with Gasteiger partial charge in [0.15, 0.2) is 10.0 Å². The molecule has 2 fully saturated rings. The van der Waals surface area contributed by atoms with E-state index in [9.17, 15) is 14.7 Å². The number of nitrogens with zero attached hydrogens (tertiary/aromatic N) is 2. The number of thioether (sulfide) groups is 1. The molecular formula is C20H28N2O6S2. The van der Waals surface area contributed by atoms with Crippen LogP contribution in [0, 0.1) is 5.41 Å². The number of carbonyl (C=O) groups is 2. The van der Waals surface area contributed by atoms with E-state index in [4.69, 9.17) is 14.6 Å². The van der Waals surface area contributed by atoms with Crippen molar-refractivity contribution in [2.75, 3.05) is 32.1 Å². The normalized spacial score (nSPS) is 21.6. The molecule has 2 N–H and O–H groups in total. The van der Waals surface area contributed by atoms with Crippen LogP contribution in [0.3, 0.4) is 0 Å². The van der Waals surface area contributed by atoms with Crippen molar-refractivity contribution in [3.05, 3.63) is 23.2 Å². The van der Waals surface area contributed by atoms with E-state index in [0.29, 0.717) is 29.9 Å². The molecule has 1 aliphatic heterocycles. The molecule has 2 atom stereocenters. The molecule has 1 aromatic heterocycles. The van der Waals surface area contributed by atoms with Gasteiger partial charge in [0.2, 0.25) is 0 Å². The van der Waals surface area contributed by atoms with E-state index in [1.807, 2.05) is 13.0 Å². The van der Waals surface area contributed by atoms with Crippen LogP contribution in [0.15, 0.2) is 21.9 Å². The Bertz CT molecular complexity index is 764. The van der Waals surface area contributed by atoms with Gasteiger partial charge in [0.1, 0.15) is 6.61 Å². The van der Waals surface area contributed by atoms with E-state index in [-0.39, 0.29) is 29.9 Å². The van der Waals surface area contributed by atoms with Crippen molar-refractivity contribution >= 4 is 35.2 Å². The van der Waals surface area contributed by atoms with Crippen LogP contribution in [0.1, 0.15) is 43.1 Å². The van der Waals surface area contributed by atoms with E-state index >= 15 is 0 Å². The highest BCUT2D eigenvalue weighted by Crippen LogP contribution is 2.47. The third kappa shape index (κ3) is 5.54. The zero-order valence-corrected chi connectivity index (χ0v) is 18.6. The number of carbonyl (C=O) groups excluding carboxylic acids is 1. The van der Waals surface area contributed by atoms with E-state index in [0.717, 1.165) is 25.7 Å². The molecule has 1 amide bonds. The molecule has 0 radical (unpaired) electrons. The second-order valence-corrected chi connectivity index (χ2v) is 9.68.